The molecule has 1 unspecified atom stereocenters. The van der Waals surface area contributed by atoms with Gasteiger partial charge in [0, 0.05) is 5.56 Å². The third-order valence-corrected chi connectivity index (χ3v) is 3.46. The molecule has 2 N–H and O–H groups in total. The number of fused-ring (bicyclic) bond motifs is 1. The van der Waals surface area contributed by atoms with Gasteiger partial charge in [-0.3, -0.25) is 4.79 Å². The molecule has 6 heteroatoms. The maximum Gasteiger partial charge on any atom is 0.326 e. The first kappa shape index (κ1) is 11.0. The Morgan fingerprint density at radius 2 is 2.25 bits per heavy atom. The van der Waals surface area contributed by atoms with Gasteiger partial charge in [-0.15, -0.1) is 0 Å². The van der Waals surface area contributed by atoms with E-state index in [0.717, 1.165) is 4.90 Å². The fourth-order valence-electron chi connectivity index (χ4n) is 1.82. The minimum Gasteiger partial charge on any atom is -0.612 e. The normalized spacial score (nSPS) is 16.1. The van der Waals surface area contributed by atoms with Gasteiger partial charge in [0.2, 0.25) is 5.91 Å². The number of benzene rings is 1. The number of nitrogens with zero attached hydrogens (tertiary/aromatic N) is 1. The molecule has 0 radical (unpaired) electrons. The molecule has 0 saturated heterocycles. The molecule has 0 saturated carbocycles. The van der Waals surface area contributed by atoms with Crippen LogP contribution in [0.2, 0.25) is 0 Å². The molecule has 0 bridgehead atoms. The van der Waals surface area contributed by atoms with Crippen molar-refractivity contribution in [3.05, 3.63) is 23.8 Å². The summed E-state index contributed by atoms with van der Waals surface area (Å²) in [6.45, 7) is 0. The summed E-state index contributed by atoms with van der Waals surface area (Å²) in [6, 6.07) is 4.17. The van der Waals surface area contributed by atoms with E-state index >= 15 is 0 Å². The number of anilines is 1. The van der Waals surface area contributed by atoms with E-state index in [2.05, 4.69) is 0 Å². The van der Waals surface area contributed by atoms with Gasteiger partial charge in [-0.1, -0.05) is 6.07 Å². The summed E-state index contributed by atoms with van der Waals surface area (Å²) >= 11 is -1.18. The highest BCUT2D eigenvalue weighted by atomic mass is 32.2. The first-order valence-corrected chi connectivity index (χ1v) is 6.16. The second kappa shape index (κ2) is 3.80. The summed E-state index contributed by atoms with van der Waals surface area (Å²) in [5, 5.41) is 0. The third-order valence-electron chi connectivity index (χ3n) is 2.46. The standard InChI is InChI=1S/C10H10N2O3S/c1-16(15)8-4-2-3-7-6(8)5-9(13)12(7)10(11)14/h2-4H,5H2,1H3,(H2,11,14). The van der Waals surface area contributed by atoms with Crippen molar-refractivity contribution in [1.29, 1.82) is 0 Å². The third kappa shape index (κ3) is 1.56. The van der Waals surface area contributed by atoms with Crippen LogP contribution in [0.3, 0.4) is 0 Å². The highest BCUT2D eigenvalue weighted by Gasteiger charge is 2.34. The smallest absolute Gasteiger partial charge is 0.326 e. The summed E-state index contributed by atoms with van der Waals surface area (Å²) in [6.07, 6.45) is 1.61. The Balaban J connectivity index is 2.57. The number of hydrogen-bond acceptors (Lipinski definition) is 3. The zero-order valence-electron chi connectivity index (χ0n) is 8.60. The highest BCUT2D eigenvalue weighted by Crippen LogP contribution is 2.33. The lowest BCUT2D eigenvalue weighted by molar-refractivity contribution is -0.116. The molecule has 84 valence electrons. The van der Waals surface area contributed by atoms with Crippen LogP contribution < -0.4 is 10.6 Å². The highest BCUT2D eigenvalue weighted by molar-refractivity contribution is 7.90. The molecule has 1 atom stereocenters. The lowest BCUT2D eigenvalue weighted by Crippen LogP contribution is -2.38. The largest absolute Gasteiger partial charge is 0.612 e. The number of nitrogens with two attached hydrogens (primary N) is 1. The van der Waals surface area contributed by atoms with Crippen molar-refractivity contribution >= 4 is 28.8 Å². The van der Waals surface area contributed by atoms with E-state index in [1.807, 2.05) is 0 Å². The van der Waals surface area contributed by atoms with E-state index in [1.54, 1.807) is 18.2 Å². The Morgan fingerprint density at radius 1 is 1.56 bits per heavy atom. The maximum absolute atomic E-state index is 11.6. The molecular weight excluding hydrogens is 228 g/mol. The van der Waals surface area contributed by atoms with Crippen molar-refractivity contribution < 1.29 is 14.1 Å². The second-order valence-electron chi connectivity index (χ2n) is 3.45. The molecule has 0 aliphatic carbocycles. The van der Waals surface area contributed by atoms with E-state index in [1.165, 1.54) is 6.26 Å². The van der Waals surface area contributed by atoms with E-state index < -0.39 is 17.2 Å². The summed E-state index contributed by atoms with van der Waals surface area (Å²) in [5.41, 5.74) is 6.20. The molecule has 1 aromatic rings. The first-order valence-electron chi connectivity index (χ1n) is 4.60. The quantitative estimate of drug-likeness (QED) is 0.718. The molecule has 16 heavy (non-hydrogen) atoms. The van der Waals surface area contributed by atoms with Crippen LogP contribution in [-0.2, 0) is 22.4 Å². The second-order valence-corrected chi connectivity index (χ2v) is 4.80. The van der Waals surface area contributed by atoms with Gasteiger partial charge in [-0.05, 0) is 23.3 Å². The molecule has 1 aliphatic rings. The summed E-state index contributed by atoms with van der Waals surface area (Å²) in [4.78, 5) is 24.2. The topological polar surface area (TPSA) is 86.5 Å². The van der Waals surface area contributed by atoms with Crippen molar-refractivity contribution in [3.63, 3.8) is 0 Å². The minimum atomic E-state index is -1.18. The SMILES string of the molecule is C[S+]([O-])c1cccc2c1CC(=O)N2C(N)=O. The number of rotatable bonds is 1. The zero-order valence-corrected chi connectivity index (χ0v) is 9.41. The van der Waals surface area contributed by atoms with Crippen molar-refractivity contribution in [2.75, 3.05) is 11.2 Å². The Kier molecular flexibility index (Phi) is 2.61. The zero-order chi connectivity index (χ0) is 11.9. The van der Waals surface area contributed by atoms with E-state index in [9.17, 15) is 14.1 Å². The average molecular weight is 238 g/mol. The molecule has 0 aromatic heterocycles. The van der Waals surface area contributed by atoms with Crippen LogP contribution in [0, 0.1) is 0 Å². The maximum atomic E-state index is 11.6. The van der Waals surface area contributed by atoms with Gasteiger partial charge in [-0.25, -0.2) is 9.69 Å². The predicted molar refractivity (Wildman–Crippen MR) is 59.5 cm³/mol. The van der Waals surface area contributed by atoms with Gasteiger partial charge in [0.1, 0.15) is 6.26 Å². The van der Waals surface area contributed by atoms with Crippen LogP contribution in [0.25, 0.3) is 0 Å². The summed E-state index contributed by atoms with van der Waals surface area (Å²) < 4.78 is 11.5. The number of carbonyl (C=O) groups is 2. The fourth-order valence-corrected chi connectivity index (χ4v) is 2.61. The Hall–Kier alpha value is -1.53. The fraction of sp³-hybridized carbons (Fsp3) is 0.200. The van der Waals surface area contributed by atoms with Crippen LogP contribution in [-0.4, -0.2) is 22.7 Å². The molecule has 1 aromatic carbocycles. The molecule has 0 fully saturated rings. The van der Waals surface area contributed by atoms with Crippen molar-refractivity contribution in [1.82, 2.24) is 0 Å². The van der Waals surface area contributed by atoms with Gasteiger partial charge in [0.25, 0.3) is 0 Å². The lowest BCUT2D eigenvalue weighted by Gasteiger charge is -2.12. The van der Waals surface area contributed by atoms with Crippen LogP contribution in [0.15, 0.2) is 23.1 Å². The molecule has 2 rings (SSSR count). The predicted octanol–water partition coefficient (Wildman–Crippen LogP) is 0.392. The van der Waals surface area contributed by atoms with E-state index in [0.29, 0.717) is 16.1 Å². The van der Waals surface area contributed by atoms with Gasteiger partial charge < -0.3 is 10.3 Å². The van der Waals surface area contributed by atoms with Gasteiger partial charge in [-0.2, -0.15) is 0 Å². The van der Waals surface area contributed by atoms with E-state index in [-0.39, 0.29) is 12.3 Å². The molecule has 1 heterocycles. The Labute approximate surface area is 95.4 Å². The van der Waals surface area contributed by atoms with Crippen LogP contribution >= 0.6 is 0 Å². The summed E-state index contributed by atoms with van der Waals surface area (Å²) in [7, 11) is 0. The molecule has 5 nitrogen and oxygen atoms in total. The number of urea groups is 1. The van der Waals surface area contributed by atoms with E-state index in [4.69, 9.17) is 5.73 Å². The van der Waals surface area contributed by atoms with Gasteiger partial charge in [0.05, 0.1) is 12.1 Å². The van der Waals surface area contributed by atoms with Crippen LogP contribution in [0.1, 0.15) is 5.56 Å². The van der Waals surface area contributed by atoms with Crippen molar-refractivity contribution in [2.24, 2.45) is 5.73 Å². The number of primary amides is 1. The molecule has 0 spiro atoms. The van der Waals surface area contributed by atoms with Crippen molar-refractivity contribution in [2.45, 2.75) is 11.3 Å². The number of imide groups is 1. The first-order chi connectivity index (χ1) is 7.52. The number of amides is 3. The molecule has 1 aliphatic heterocycles. The molecule has 3 amide bonds. The number of hydrogen-bond donors (Lipinski definition) is 1. The van der Waals surface area contributed by atoms with Gasteiger partial charge in [0.15, 0.2) is 4.90 Å². The van der Waals surface area contributed by atoms with Crippen LogP contribution in [0.4, 0.5) is 10.5 Å². The number of carbonyl (C=O) groups excluding carboxylic acids is 2. The molecular formula is C10H10N2O3S. The monoisotopic (exact) mass is 238 g/mol. The Morgan fingerprint density at radius 3 is 2.81 bits per heavy atom. The lowest BCUT2D eigenvalue weighted by atomic mass is 10.2. The average Bonchev–Trinajstić information content (AvgIpc) is 2.52. The van der Waals surface area contributed by atoms with Gasteiger partial charge >= 0.3 is 6.03 Å². The Bertz CT molecular complexity index is 473. The van der Waals surface area contributed by atoms with Crippen LogP contribution in [0.5, 0.6) is 0 Å². The summed E-state index contributed by atoms with van der Waals surface area (Å²) in [5.74, 6) is -0.375. The minimum absolute atomic E-state index is 0.0774. The van der Waals surface area contributed by atoms with Crippen molar-refractivity contribution in [3.8, 4) is 0 Å².